The maximum absolute atomic E-state index is 5.37. The molecule has 0 nitrogen and oxygen atoms in total. The van der Waals surface area contributed by atoms with Gasteiger partial charge in [-0.15, -0.1) is 11.6 Å². The third-order valence-corrected chi connectivity index (χ3v) is 0.770. The third kappa shape index (κ3) is 4.85. The van der Waals surface area contributed by atoms with E-state index in [9.17, 15) is 0 Å². The number of allylic oxidation sites excluding steroid dienone is 1. The molecule has 0 N–H and O–H groups in total. The van der Waals surface area contributed by atoms with Crippen molar-refractivity contribution in [1.82, 2.24) is 0 Å². The number of halogens is 2. The minimum atomic E-state index is -0.0255. The molecule has 0 bridgehead atoms. The van der Waals surface area contributed by atoms with E-state index in [4.69, 9.17) is 23.2 Å². The summed E-state index contributed by atoms with van der Waals surface area (Å²) in [6.07, 6.45) is 1.66. The first-order valence-electron chi connectivity index (χ1n) is 1.44. The van der Waals surface area contributed by atoms with Gasteiger partial charge in [0.2, 0.25) is 0 Å². The summed E-state index contributed by atoms with van der Waals surface area (Å²) in [7, 11) is 0. The van der Waals surface area contributed by atoms with Crippen molar-refractivity contribution in [2.24, 2.45) is 0 Å². The molecule has 0 rings (SSSR count). The Morgan fingerprint density at radius 1 is 1.67 bits per heavy atom. The van der Waals surface area contributed by atoms with Crippen LogP contribution in [0.5, 0.6) is 0 Å². The van der Waals surface area contributed by atoms with Crippen molar-refractivity contribution in [3.05, 3.63) is 11.6 Å². The molecule has 2 radical (unpaired) electrons. The largest absolute Gasteiger partial charge is 0.157 e. The van der Waals surface area contributed by atoms with E-state index < -0.39 is 0 Å². The number of alkyl halides is 1. The van der Waals surface area contributed by atoms with Gasteiger partial charge in [-0.3, -0.25) is 0 Å². The minimum absolute atomic E-state index is 0.0255. The van der Waals surface area contributed by atoms with Gasteiger partial charge in [0.15, 0.2) is 16.3 Å². The Morgan fingerprint density at radius 2 is 2.17 bits per heavy atom. The summed E-state index contributed by atoms with van der Waals surface area (Å²) in [5, 5.41) is 0. The van der Waals surface area contributed by atoms with Crippen LogP contribution in [0.2, 0.25) is 0 Å². The summed E-state index contributed by atoms with van der Waals surface area (Å²) >= 11 is 12.9. The molecule has 0 saturated carbocycles. The first kappa shape index (κ1) is 6.85. The quantitative estimate of drug-likeness (QED) is 0.379. The van der Waals surface area contributed by atoms with Crippen LogP contribution in [-0.2, 0) is 0 Å². The van der Waals surface area contributed by atoms with Crippen molar-refractivity contribution in [2.45, 2.75) is 4.24 Å². The topological polar surface area (TPSA) is 0 Å². The summed E-state index contributed by atoms with van der Waals surface area (Å²) in [5.41, 5.74) is 1.39. The number of hydrogen-bond donors (Lipinski definition) is 0. The van der Waals surface area contributed by atoms with Gasteiger partial charge in [0.1, 0.15) is 0 Å². The van der Waals surface area contributed by atoms with Gasteiger partial charge in [-0.25, -0.2) is 0 Å². The molecule has 32 valence electrons. The molecule has 1 unspecified atom stereocenters. The van der Waals surface area contributed by atoms with Gasteiger partial charge in [0.05, 0.1) is 0 Å². The van der Waals surface area contributed by atoms with Crippen molar-refractivity contribution in [2.75, 3.05) is 0 Å². The Hall–Kier alpha value is 0.852. The van der Waals surface area contributed by atoms with Gasteiger partial charge >= 0.3 is 0 Å². The van der Waals surface area contributed by atoms with Gasteiger partial charge in [0, 0.05) is 5.54 Å². The van der Waals surface area contributed by atoms with Crippen LogP contribution in [0.3, 0.4) is 0 Å². The molecule has 0 saturated heterocycles. The maximum atomic E-state index is 5.37. The molecule has 0 spiro atoms. The van der Waals surface area contributed by atoms with E-state index in [2.05, 4.69) is 16.3 Å². The van der Waals surface area contributed by atoms with E-state index in [-0.39, 0.29) is 4.24 Å². The second kappa shape index (κ2) is 4.02. The molecule has 0 heterocycles. The fourth-order valence-electron chi connectivity index (χ4n) is 0.0695. The molecule has 0 aliphatic heterocycles. The number of hydrogen-bond acceptors (Lipinski definition) is 0. The predicted octanol–water partition coefficient (Wildman–Crippen LogP) is 1.47. The Bertz CT molecular complexity index is 50.8. The van der Waals surface area contributed by atoms with E-state index >= 15 is 0 Å². The monoisotopic (exact) mass is 136 g/mol. The second-order valence-electron chi connectivity index (χ2n) is 0.763. The maximum Gasteiger partial charge on any atom is 0.157 e. The van der Waals surface area contributed by atoms with E-state index in [1.807, 2.05) is 0 Å². The van der Waals surface area contributed by atoms with Crippen LogP contribution < -0.4 is 0 Å². The molecule has 0 aromatic carbocycles. The Morgan fingerprint density at radius 3 is 2.17 bits per heavy atom. The highest BCUT2D eigenvalue weighted by molar-refractivity contribution is 6.42. The third-order valence-electron chi connectivity index (χ3n) is 0.257. The zero-order chi connectivity index (χ0) is 4.99. The van der Waals surface area contributed by atoms with Crippen molar-refractivity contribution in [3.63, 3.8) is 0 Å². The zero-order valence-electron chi connectivity index (χ0n) is 3.07. The summed E-state index contributed by atoms with van der Waals surface area (Å²) in [6.45, 7) is 0. The Balaban J connectivity index is 3.03. The first-order valence-corrected chi connectivity index (χ1v) is 2.98. The molecule has 0 aromatic rings. The van der Waals surface area contributed by atoms with Crippen LogP contribution in [0, 0.1) is 0 Å². The van der Waals surface area contributed by atoms with Crippen molar-refractivity contribution in [3.8, 4) is 0 Å². The summed E-state index contributed by atoms with van der Waals surface area (Å²) in [5.74, 6) is 0. The zero-order valence-corrected chi connectivity index (χ0v) is 5.73. The average Bonchev–Trinajstić information content (AvgIpc) is 1.35. The first-order chi connectivity index (χ1) is 2.77. The molecule has 0 aliphatic carbocycles. The van der Waals surface area contributed by atoms with Crippen molar-refractivity contribution < 1.29 is 0 Å². The molecule has 0 fully saturated rings. The van der Waals surface area contributed by atoms with E-state index in [0.717, 1.165) is 0 Å². The lowest BCUT2D eigenvalue weighted by molar-refractivity contribution is 1.62. The van der Waals surface area contributed by atoms with Gasteiger partial charge < -0.3 is 0 Å². The number of rotatable bonds is 1. The van der Waals surface area contributed by atoms with Crippen molar-refractivity contribution >= 4 is 39.5 Å². The molecular weight excluding hydrogens is 134 g/mol. The predicted molar refractivity (Wildman–Crippen MR) is 30.4 cm³/mol. The van der Waals surface area contributed by atoms with Gasteiger partial charge in [-0.2, -0.15) is 0 Å². The second-order valence-corrected chi connectivity index (χ2v) is 2.66. The molecule has 6 heavy (non-hydrogen) atoms. The molecule has 0 aliphatic rings. The molecule has 0 amide bonds. The Labute approximate surface area is 55.5 Å². The smallest absolute Gasteiger partial charge is 0.138 e. The SMILES string of the molecule is [Al][CH](Cl)C=CCl. The fraction of sp³-hybridized carbons (Fsp3) is 0.333. The van der Waals surface area contributed by atoms with Crippen LogP contribution in [0.15, 0.2) is 11.6 Å². The van der Waals surface area contributed by atoms with Crippen molar-refractivity contribution in [1.29, 1.82) is 0 Å². The van der Waals surface area contributed by atoms with Gasteiger partial charge in [0.25, 0.3) is 0 Å². The molecule has 3 heteroatoms. The highest BCUT2D eigenvalue weighted by Crippen LogP contribution is 1.90. The fourth-order valence-corrected chi connectivity index (χ4v) is 0.625. The highest BCUT2D eigenvalue weighted by atomic mass is 35.5. The van der Waals surface area contributed by atoms with E-state index in [0.29, 0.717) is 0 Å². The lowest BCUT2D eigenvalue weighted by Gasteiger charge is -1.84. The molecular formula is C3H3AlCl2. The highest BCUT2D eigenvalue weighted by Gasteiger charge is 1.79. The Kier molecular flexibility index (Phi) is 4.59. The van der Waals surface area contributed by atoms with Crippen LogP contribution in [0.25, 0.3) is 0 Å². The van der Waals surface area contributed by atoms with Gasteiger partial charge in [-0.05, 0) is 4.24 Å². The van der Waals surface area contributed by atoms with Gasteiger partial charge in [-0.1, -0.05) is 17.7 Å². The molecule has 0 aromatic heterocycles. The summed E-state index contributed by atoms with van der Waals surface area (Å²) < 4.78 is -0.0255. The van der Waals surface area contributed by atoms with Crippen LogP contribution >= 0.6 is 23.2 Å². The lowest BCUT2D eigenvalue weighted by atomic mass is 10.7. The van der Waals surface area contributed by atoms with Crippen LogP contribution in [0.1, 0.15) is 0 Å². The van der Waals surface area contributed by atoms with E-state index in [1.165, 1.54) is 5.54 Å². The standard InChI is InChI=1S/C3H3Cl2.Al/c4-2-1-3-5;/h1-3H;. The summed E-state index contributed by atoms with van der Waals surface area (Å²) in [4.78, 5) is 0. The normalized spacial score (nSPS) is 15.7. The minimum Gasteiger partial charge on any atom is -0.138 e. The van der Waals surface area contributed by atoms with Crippen LogP contribution in [-0.4, -0.2) is 20.5 Å². The average molecular weight is 137 g/mol. The summed E-state index contributed by atoms with van der Waals surface area (Å²) in [6, 6.07) is 0. The lowest BCUT2D eigenvalue weighted by Crippen LogP contribution is -1.86. The van der Waals surface area contributed by atoms with Crippen LogP contribution in [0.4, 0.5) is 0 Å². The van der Waals surface area contributed by atoms with E-state index in [1.54, 1.807) is 6.08 Å². The molecule has 1 atom stereocenters.